The monoisotopic (exact) mass is 425 g/mol. The number of imidazole rings is 1. The number of aromatic nitrogens is 2. The minimum Gasteiger partial charge on any atom is -0.385 e. The molecular weight excluding hydrogens is 406 g/mol. The lowest BCUT2D eigenvalue weighted by atomic mass is 9.90. The molecule has 1 aliphatic heterocycles. The molecule has 0 spiro atoms. The largest absolute Gasteiger partial charge is 0.385 e. The molecule has 2 aromatic heterocycles. The van der Waals surface area contributed by atoms with Crippen molar-refractivity contribution < 1.29 is 14.3 Å². The molecule has 7 nitrogen and oxygen atoms in total. The Balaban J connectivity index is 1.70. The topological polar surface area (TPSA) is 81.0 Å². The molecule has 7 heteroatoms. The lowest BCUT2D eigenvalue weighted by Crippen LogP contribution is -2.41. The molecule has 0 bridgehead atoms. The van der Waals surface area contributed by atoms with E-state index in [9.17, 15) is 14.4 Å². The number of carbonyl (C=O) groups excluding carboxylic acids is 2. The van der Waals surface area contributed by atoms with Gasteiger partial charge in [-0.05, 0) is 55.3 Å². The van der Waals surface area contributed by atoms with E-state index in [0.29, 0.717) is 46.0 Å². The third-order valence-electron chi connectivity index (χ3n) is 6.33. The quantitative estimate of drug-likeness (QED) is 0.325. The number of benzene rings is 3. The van der Waals surface area contributed by atoms with Crippen LogP contribution in [0.3, 0.4) is 0 Å². The minimum absolute atomic E-state index is 0.204. The number of aryl methyl sites for hydroxylation is 1. The Morgan fingerprint density at radius 1 is 0.906 bits per heavy atom. The minimum atomic E-state index is -0.343. The van der Waals surface area contributed by atoms with Gasteiger partial charge in [-0.3, -0.25) is 23.7 Å². The van der Waals surface area contributed by atoms with Crippen LogP contribution in [0.4, 0.5) is 0 Å². The van der Waals surface area contributed by atoms with Gasteiger partial charge in [0.25, 0.3) is 17.4 Å². The van der Waals surface area contributed by atoms with Crippen molar-refractivity contribution in [3.05, 3.63) is 69.5 Å². The van der Waals surface area contributed by atoms with Crippen molar-refractivity contribution in [2.45, 2.75) is 13.3 Å². The van der Waals surface area contributed by atoms with Crippen LogP contribution in [0.5, 0.6) is 0 Å². The Bertz CT molecular complexity index is 1650. The van der Waals surface area contributed by atoms with Crippen molar-refractivity contribution in [3.8, 4) is 0 Å². The summed E-state index contributed by atoms with van der Waals surface area (Å²) in [5.74, 6) is -0.686. The van der Waals surface area contributed by atoms with Crippen molar-refractivity contribution in [1.29, 1.82) is 0 Å². The second kappa shape index (κ2) is 6.58. The Hall–Kier alpha value is -3.84. The number of rotatable bonds is 4. The maximum absolute atomic E-state index is 13.5. The fourth-order valence-corrected chi connectivity index (χ4v) is 4.87. The third-order valence-corrected chi connectivity index (χ3v) is 6.33. The Kier molecular flexibility index (Phi) is 3.88. The molecule has 158 valence electrons. The van der Waals surface area contributed by atoms with Gasteiger partial charge in [0.1, 0.15) is 5.65 Å². The molecule has 0 saturated heterocycles. The zero-order chi connectivity index (χ0) is 22.1. The first-order chi connectivity index (χ1) is 15.5. The number of nitrogens with zero attached hydrogens (tertiary/aromatic N) is 3. The van der Waals surface area contributed by atoms with Crippen LogP contribution in [-0.2, 0) is 4.74 Å². The predicted molar refractivity (Wildman–Crippen MR) is 122 cm³/mol. The number of imide groups is 1. The summed E-state index contributed by atoms with van der Waals surface area (Å²) in [5.41, 5.74) is 3.74. The van der Waals surface area contributed by atoms with Gasteiger partial charge >= 0.3 is 0 Å². The summed E-state index contributed by atoms with van der Waals surface area (Å²) in [7, 11) is 1.59. The molecule has 5 aromatic rings. The first-order valence-electron chi connectivity index (χ1n) is 10.5. The molecule has 32 heavy (non-hydrogen) atoms. The van der Waals surface area contributed by atoms with Crippen molar-refractivity contribution >= 4 is 50.0 Å². The number of hydrogen-bond donors (Lipinski definition) is 0. The number of methoxy groups -OCH3 is 1. The molecule has 1 aliphatic rings. The van der Waals surface area contributed by atoms with Gasteiger partial charge in [-0.2, -0.15) is 0 Å². The van der Waals surface area contributed by atoms with E-state index >= 15 is 0 Å². The zero-order valence-corrected chi connectivity index (χ0v) is 17.6. The Morgan fingerprint density at radius 3 is 2.34 bits per heavy atom. The number of pyridine rings is 1. The summed E-state index contributed by atoms with van der Waals surface area (Å²) < 4.78 is 6.69. The maximum atomic E-state index is 13.5. The first-order valence-corrected chi connectivity index (χ1v) is 10.5. The third kappa shape index (κ3) is 2.34. The van der Waals surface area contributed by atoms with Crippen LogP contribution in [0.15, 0.2) is 47.3 Å². The summed E-state index contributed by atoms with van der Waals surface area (Å²) in [6.45, 7) is 2.72. The van der Waals surface area contributed by atoms with Crippen molar-refractivity contribution in [2.75, 3.05) is 20.3 Å². The predicted octanol–water partition coefficient (Wildman–Crippen LogP) is 3.53. The summed E-state index contributed by atoms with van der Waals surface area (Å²) in [6.07, 6.45) is 0.560. The van der Waals surface area contributed by atoms with Gasteiger partial charge < -0.3 is 4.74 Å². The van der Waals surface area contributed by atoms with Gasteiger partial charge in [-0.15, -0.1) is 0 Å². The molecule has 3 heterocycles. The summed E-state index contributed by atoms with van der Waals surface area (Å²) in [5, 5.41) is 2.40. The fourth-order valence-electron chi connectivity index (χ4n) is 4.87. The van der Waals surface area contributed by atoms with Crippen LogP contribution in [0.2, 0.25) is 0 Å². The highest BCUT2D eigenvalue weighted by molar-refractivity contribution is 6.31. The summed E-state index contributed by atoms with van der Waals surface area (Å²) in [6, 6.07) is 12.7. The van der Waals surface area contributed by atoms with Crippen LogP contribution in [0, 0.1) is 6.92 Å². The van der Waals surface area contributed by atoms with E-state index in [1.165, 1.54) is 4.90 Å². The van der Waals surface area contributed by atoms with Crippen LogP contribution >= 0.6 is 0 Å². The van der Waals surface area contributed by atoms with Gasteiger partial charge in [0, 0.05) is 52.9 Å². The normalized spacial score (nSPS) is 14.0. The Labute approximate surface area is 182 Å². The summed E-state index contributed by atoms with van der Waals surface area (Å²) in [4.78, 5) is 45.9. The van der Waals surface area contributed by atoms with Gasteiger partial charge in [0.2, 0.25) is 0 Å². The lowest BCUT2D eigenvalue weighted by Gasteiger charge is -2.27. The number of ether oxygens (including phenoxy) is 1. The van der Waals surface area contributed by atoms with Crippen molar-refractivity contribution in [3.63, 3.8) is 0 Å². The van der Waals surface area contributed by atoms with E-state index in [2.05, 4.69) is 0 Å². The Morgan fingerprint density at radius 2 is 1.62 bits per heavy atom. The number of carbonyl (C=O) groups is 2. The summed E-state index contributed by atoms with van der Waals surface area (Å²) >= 11 is 0. The number of hydrogen-bond acceptors (Lipinski definition) is 5. The van der Waals surface area contributed by atoms with E-state index in [-0.39, 0.29) is 23.9 Å². The highest BCUT2D eigenvalue weighted by Gasteiger charge is 2.34. The van der Waals surface area contributed by atoms with E-state index in [1.54, 1.807) is 29.7 Å². The van der Waals surface area contributed by atoms with E-state index in [0.717, 1.165) is 22.0 Å². The van der Waals surface area contributed by atoms with Crippen LogP contribution in [0.25, 0.3) is 38.2 Å². The van der Waals surface area contributed by atoms with E-state index < -0.39 is 0 Å². The standard InChI is InChI=1S/C25H19N3O4/c1-13-4-9-19-18(12-13)26-22-14-5-6-15-21-16(7-8-17(20(14)21)25(31)28(19)22)24(30)27(23(15)29)10-3-11-32-2/h4-9,12H,3,10-11H2,1-2H3. The molecule has 0 atom stereocenters. The van der Waals surface area contributed by atoms with Gasteiger partial charge in [0.05, 0.1) is 11.0 Å². The molecular formula is C25H19N3O4. The van der Waals surface area contributed by atoms with E-state index in [1.807, 2.05) is 31.2 Å². The molecule has 0 saturated carbocycles. The maximum Gasteiger partial charge on any atom is 0.264 e. The fraction of sp³-hybridized carbons (Fsp3) is 0.200. The number of amides is 2. The SMILES string of the molecule is COCCCN1C(=O)c2ccc3c(=O)n4c5ccc(C)cc5nc4c4ccc(c2c34)C1=O. The smallest absolute Gasteiger partial charge is 0.264 e. The van der Waals surface area contributed by atoms with Crippen molar-refractivity contribution in [2.24, 2.45) is 0 Å². The second-order valence-corrected chi connectivity index (χ2v) is 8.25. The average Bonchev–Trinajstić information content (AvgIpc) is 3.17. The molecule has 0 fully saturated rings. The molecule has 0 N–H and O–H groups in total. The van der Waals surface area contributed by atoms with Crippen LogP contribution < -0.4 is 5.56 Å². The molecule has 2 amide bonds. The molecule has 6 rings (SSSR count). The first kappa shape index (κ1) is 18.9. The molecule has 0 radical (unpaired) electrons. The van der Waals surface area contributed by atoms with Gasteiger partial charge in [-0.1, -0.05) is 6.07 Å². The average molecular weight is 425 g/mol. The zero-order valence-electron chi connectivity index (χ0n) is 17.6. The highest BCUT2D eigenvalue weighted by Crippen LogP contribution is 2.37. The number of fused-ring (bicyclic) bond motifs is 4. The highest BCUT2D eigenvalue weighted by atomic mass is 16.5. The van der Waals surface area contributed by atoms with Gasteiger partial charge in [0.15, 0.2) is 0 Å². The molecule has 0 aliphatic carbocycles. The van der Waals surface area contributed by atoms with Crippen molar-refractivity contribution in [1.82, 2.24) is 14.3 Å². The lowest BCUT2D eigenvalue weighted by molar-refractivity contribution is 0.0595. The van der Waals surface area contributed by atoms with Crippen LogP contribution in [-0.4, -0.2) is 46.4 Å². The molecule has 3 aromatic carbocycles. The van der Waals surface area contributed by atoms with Crippen LogP contribution in [0.1, 0.15) is 32.7 Å². The second-order valence-electron chi connectivity index (χ2n) is 8.25. The van der Waals surface area contributed by atoms with Gasteiger partial charge in [-0.25, -0.2) is 4.98 Å². The van der Waals surface area contributed by atoms with E-state index in [4.69, 9.17) is 9.72 Å². The molecule has 0 unspecified atom stereocenters.